The minimum atomic E-state index is 0.106. The van der Waals surface area contributed by atoms with Gasteiger partial charge in [-0.3, -0.25) is 9.88 Å². The molecule has 0 saturated carbocycles. The first-order valence-corrected chi connectivity index (χ1v) is 7.28. The molecule has 21 heavy (non-hydrogen) atoms. The summed E-state index contributed by atoms with van der Waals surface area (Å²) in [7, 11) is 2.06. The second kappa shape index (κ2) is 7.76. The maximum atomic E-state index is 6.01. The summed E-state index contributed by atoms with van der Waals surface area (Å²) < 4.78 is 5.72. The lowest BCUT2D eigenvalue weighted by molar-refractivity contribution is 0.230. The van der Waals surface area contributed by atoms with E-state index in [0.29, 0.717) is 13.2 Å². The topological polar surface area (TPSA) is 51.4 Å². The molecular formula is C17H23N3O. The predicted octanol–water partition coefficient (Wildman–Crippen LogP) is 2.61. The summed E-state index contributed by atoms with van der Waals surface area (Å²) in [5, 5.41) is 0. The molecule has 1 atom stereocenters. The molecule has 1 unspecified atom stereocenters. The molecule has 0 aliphatic rings. The molecule has 2 rings (SSSR count). The van der Waals surface area contributed by atoms with Crippen molar-refractivity contribution in [3.63, 3.8) is 0 Å². The van der Waals surface area contributed by atoms with Crippen LogP contribution in [0.2, 0.25) is 0 Å². The largest absolute Gasteiger partial charge is 0.494 e. The lowest BCUT2D eigenvalue weighted by atomic mass is 10.0. The second-order valence-electron chi connectivity index (χ2n) is 4.96. The number of likely N-dealkylation sites (N-methyl/N-ethyl adjacent to an activating group) is 1. The van der Waals surface area contributed by atoms with Gasteiger partial charge in [-0.05, 0) is 32.2 Å². The maximum Gasteiger partial charge on any atom is 0.124 e. The molecule has 0 aliphatic carbocycles. The molecule has 0 spiro atoms. The molecule has 2 N–H and O–H groups in total. The second-order valence-corrected chi connectivity index (χ2v) is 4.96. The number of hydrogen-bond acceptors (Lipinski definition) is 4. The van der Waals surface area contributed by atoms with Gasteiger partial charge in [-0.1, -0.05) is 24.3 Å². The highest BCUT2D eigenvalue weighted by Crippen LogP contribution is 2.28. The lowest BCUT2D eigenvalue weighted by Gasteiger charge is -2.28. The Balaban J connectivity index is 2.19. The molecule has 4 nitrogen and oxygen atoms in total. The molecule has 0 bridgehead atoms. The predicted molar refractivity (Wildman–Crippen MR) is 85.1 cm³/mol. The number of nitrogens with two attached hydrogens (primary N) is 1. The fourth-order valence-corrected chi connectivity index (χ4v) is 2.44. The average molecular weight is 285 g/mol. The van der Waals surface area contributed by atoms with Gasteiger partial charge in [-0.15, -0.1) is 0 Å². The summed E-state index contributed by atoms with van der Waals surface area (Å²) in [6.07, 6.45) is 1.81. The van der Waals surface area contributed by atoms with E-state index in [1.807, 2.05) is 49.5 Å². The molecule has 0 fully saturated rings. The number of para-hydroxylation sites is 1. The summed E-state index contributed by atoms with van der Waals surface area (Å²) in [6.45, 7) is 3.93. The highest BCUT2D eigenvalue weighted by atomic mass is 16.5. The van der Waals surface area contributed by atoms with Gasteiger partial charge >= 0.3 is 0 Å². The van der Waals surface area contributed by atoms with Crippen LogP contribution in [0.3, 0.4) is 0 Å². The van der Waals surface area contributed by atoms with Crippen molar-refractivity contribution in [1.29, 1.82) is 0 Å². The fraction of sp³-hybridized carbons (Fsp3) is 0.353. The lowest BCUT2D eigenvalue weighted by Crippen LogP contribution is -2.30. The molecule has 2 aromatic rings. The molecule has 1 aromatic carbocycles. The summed E-state index contributed by atoms with van der Waals surface area (Å²) in [6, 6.07) is 14.1. The standard InChI is InChI=1S/C17H23N3O/c1-3-21-17-10-5-4-9-15(17)16(12-18)20(2)13-14-8-6-7-11-19-14/h4-11,16H,3,12-13,18H2,1-2H3. The summed E-state index contributed by atoms with van der Waals surface area (Å²) in [5.74, 6) is 0.906. The van der Waals surface area contributed by atoms with Crippen molar-refractivity contribution in [2.75, 3.05) is 20.2 Å². The van der Waals surface area contributed by atoms with Gasteiger partial charge in [0.25, 0.3) is 0 Å². The first kappa shape index (κ1) is 15.5. The number of pyridine rings is 1. The van der Waals surface area contributed by atoms with Crippen LogP contribution in [0.5, 0.6) is 5.75 Å². The van der Waals surface area contributed by atoms with Gasteiger partial charge in [0.2, 0.25) is 0 Å². The summed E-state index contributed by atoms with van der Waals surface area (Å²) >= 11 is 0. The van der Waals surface area contributed by atoms with Crippen LogP contribution in [-0.2, 0) is 6.54 Å². The number of hydrogen-bond donors (Lipinski definition) is 1. The molecule has 0 radical (unpaired) electrons. The zero-order chi connectivity index (χ0) is 15.1. The minimum Gasteiger partial charge on any atom is -0.494 e. The Morgan fingerprint density at radius 3 is 2.62 bits per heavy atom. The van der Waals surface area contributed by atoms with Crippen molar-refractivity contribution < 1.29 is 4.74 Å². The highest BCUT2D eigenvalue weighted by molar-refractivity contribution is 5.36. The summed E-state index contributed by atoms with van der Waals surface area (Å²) in [5.41, 5.74) is 8.17. The van der Waals surface area contributed by atoms with E-state index in [4.69, 9.17) is 10.5 Å². The molecule has 1 aromatic heterocycles. The Kier molecular flexibility index (Phi) is 5.72. The Morgan fingerprint density at radius 1 is 1.19 bits per heavy atom. The van der Waals surface area contributed by atoms with Gasteiger partial charge in [0.15, 0.2) is 0 Å². The van der Waals surface area contributed by atoms with Crippen molar-refractivity contribution in [3.8, 4) is 5.75 Å². The SMILES string of the molecule is CCOc1ccccc1C(CN)N(C)Cc1ccccn1. The quantitative estimate of drug-likeness (QED) is 0.849. The van der Waals surface area contributed by atoms with Gasteiger partial charge < -0.3 is 10.5 Å². The van der Waals surface area contributed by atoms with Crippen molar-refractivity contribution in [2.24, 2.45) is 5.73 Å². The number of nitrogens with zero attached hydrogens (tertiary/aromatic N) is 2. The minimum absolute atomic E-state index is 0.106. The third-order valence-corrected chi connectivity index (χ3v) is 3.47. The Hall–Kier alpha value is -1.91. The Labute approximate surface area is 126 Å². The first-order valence-electron chi connectivity index (χ1n) is 7.28. The van der Waals surface area contributed by atoms with Crippen molar-refractivity contribution in [2.45, 2.75) is 19.5 Å². The van der Waals surface area contributed by atoms with Crippen LogP contribution in [0.4, 0.5) is 0 Å². The number of aromatic nitrogens is 1. The van der Waals surface area contributed by atoms with Gasteiger partial charge in [-0.25, -0.2) is 0 Å². The number of benzene rings is 1. The molecular weight excluding hydrogens is 262 g/mol. The smallest absolute Gasteiger partial charge is 0.124 e. The van der Waals surface area contributed by atoms with E-state index < -0.39 is 0 Å². The third-order valence-electron chi connectivity index (χ3n) is 3.47. The van der Waals surface area contributed by atoms with Gasteiger partial charge in [-0.2, -0.15) is 0 Å². The zero-order valence-electron chi connectivity index (χ0n) is 12.7. The van der Waals surface area contributed by atoms with Crippen LogP contribution >= 0.6 is 0 Å². The van der Waals surface area contributed by atoms with Gasteiger partial charge in [0, 0.05) is 24.8 Å². The van der Waals surface area contributed by atoms with Crippen LogP contribution in [-0.4, -0.2) is 30.1 Å². The van der Waals surface area contributed by atoms with E-state index >= 15 is 0 Å². The molecule has 1 heterocycles. The van der Waals surface area contributed by atoms with Gasteiger partial charge in [0.1, 0.15) is 5.75 Å². The molecule has 0 saturated heterocycles. The van der Waals surface area contributed by atoms with E-state index in [-0.39, 0.29) is 6.04 Å². The van der Waals surface area contributed by atoms with E-state index in [0.717, 1.165) is 23.6 Å². The summed E-state index contributed by atoms with van der Waals surface area (Å²) in [4.78, 5) is 6.58. The normalized spacial score (nSPS) is 12.4. The van der Waals surface area contributed by atoms with Crippen LogP contribution < -0.4 is 10.5 Å². The fourth-order valence-electron chi connectivity index (χ4n) is 2.44. The van der Waals surface area contributed by atoms with E-state index in [1.54, 1.807) is 0 Å². The van der Waals surface area contributed by atoms with E-state index in [1.165, 1.54) is 0 Å². The zero-order valence-corrected chi connectivity index (χ0v) is 12.7. The van der Waals surface area contributed by atoms with Crippen molar-refractivity contribution in [1.82, 2.24) is 9.88 Å². The monoisotopic (exact) mass is 285 g/mol. The van der Waals surface area contributed by atoms with Crippen molar-refractivity contribution >= 4 is 0 Å². The van der Waals surface area contributed by atoms with E-state index in [2.05, 4.69) is 23.0 Å². The maximum absolute atomic E-state index is 6.01. The van der Waals surface area contributed by atoms with E-state index in [9.17, 15) is 0 Å². The van der Waals surface area contributed by atoms with Gasteiger partial charge in [0.05, 0.1) is 18.3 Å². The molecule has 112 valence electrons. The molecule has 0 amide bonds. The molecule has 0 aliphatic heterocycles. The van der Waals surface area contributed by atoms with Crippen molar-refractivity contribution in [3.05, 3.63) is 59.9 Å². The first-order chi connectivity index (χ1) is 10.3. The average Bonchev–Trinajstić information content (AvgIpc) is 2.51. The third kappa shape index (κ3) is 4.03. The number of ether oxygens (including phenoxy) is 1. The van der Waals surface area contributed by atoms with Crippen LogP contribution in [0.1, 0.15) is 24.2 Å². The van der Waals surface area contributed by atoms with Crippen LogP contribution in [0, 0.1) is 0 Å². The Bertz CT molecular complexity index is 545. The van der Waals surface area contributed by atoms with Crippen LogP contribution in [0.15, 0.2) is 48.7 Å². The highest BCUT2D eigenvalue weighted by Gasteiger charge is 2.19. The Morgan fingerprint density at radius 2 is 1.95 bits per heavy atom. The molecule has 4 heteroatoms. The van der Waals surface area contributed by atoms with Crippen LogP contribution in [0.25, 0.3) is 0 Å². The number of rotatable bonds is 7.